The third-order valence-electron chi connectivity index (χ3n) is 2.73. The SMILES string of the molecule is CC(C)Oc1ccccc1-c1ccc(C(N)=O)cc1. The van der Waals surface area contributed by atoms with Crippen molar-refractivity contribution in [2.24, 2.45) is 5.73 Å². The molecule has 0 unspecified atom stereocenters. The number of ether oxygens (including phenoxy) is 1. The second-order valence-electron chi connectivity index (χ2n) is 4.60. The Bertz CT molecular complexity index is 574. The molecule has 2 aromatic carbocycles. The van der Waals surface area contributed by atoms with Gasteiger partial charge >= 0.3 is 0 Å². The Morgan fingerprint density at radius 3 is 2.26 bits per heavy atom. The molecule has 3 heteroatoms. The van der Waals surface area contributed by atoms with E-state index < -0.39 is 5.91 Å². The van der Waals surface area contributed by atoms with Crippen molar-refractivity contribution < 1.29 is 9.53 Å². The molecular weight excluding hydrogens is 238 g/mol. The van der Waals surface area contributed by atoms with E-state index in [1.165, 1.54) is 0 Å². The largest absolute Gasteiger partial charge is 0.490 e. The van der Waals surface area contributed by atoms with Gasteiger partial charge in [-0.1, -0.05) is 30.3 Å². The van der Waals surface area contributed by atoms with Crippen molar-refractivity contribution in [3.8, 4) is 16.9 Å². The van der Waals surface area contributed by atoms with Crippen LogP contribution < -0.4 is 10.5 Å². The van der Waals surface area contributed by atoms with Gasteiger partial charge in [0, 0.05) is 11.1 Å². The molecule has 0 aromatic heterocycles. The number of rotatable bonds is 4. The molecule has 3 nitrogen and oxygen atoms in total. The fraction of sp³-hybridized carbons (Fsp3) is 0.188. The molecule has 0 fully saturated rings. The monoisotopic (exact) mass is 255 g/mol. The van der Waals surface area contributed by atoms with Gasteiger partial charge in [-0.25, -0.2) is 0 Å². The van der Waals surface area contributed by atoms with Crippen LogP contribution in [0.15, 0.2) is 48.5 Å². The quantitative estimate of drug-likeness (QED) is 0.911. The van der Waals surface area contributed by atoms with Crippen molar-refractivity contribution in [2.45, 2.75) is 20.0 Å². The zero-order chi connectivity index (χ0) is 13.8. The first-order chi connectivity index (χ1) is 9.08. The summed E-state index contributed by atoms with van der Waals surface area (Å²) in [5.74, 6) is 0.419. The Morgan fingerprint density at radius 1 is 1.05 bits per heavy atom. The van der Waals surface area contributed by atoms with E-state index in [-0.39, 0.29) is 6.10 Å². The number of nitrogens with two attached hydrogens (primary N) is 1. The van der Waals surface area contributed by atoms with E-state index in [1.807, 2.05) is 50.2 Å². The summed E-state index contributed by atoms with van der Waals surface area (Å²) in [6, 6.07) is 15.1. The number of hydrogen-bond donors (Lipinski definition) is 1. The summed E-state index contributed by atoms with van der Waals surface area (Å²) in [6.45, 7) is 3.99. The van der Waals surface area contributed by atoms with Gasteiger partial charge in [0.1, 0.15) is 5.75 Å². The number of para-hydroxylation sites is 1. The molecule has 0 bridgehead atoms. The fourth-order valence-corrected chi connectivity index (χ4v) is 1.88. The van der Waals surface area contributed by atoms with Gasteiger partial charge in [-0.2, -0.15) is 0 Å². The number of hydrogen-bond acceptors (Lipinski definition) is 2. The van der Waals surface area contributed by atoms with Gasteiger partial charge in [-0.15, -0.1) is 0 Å². The van der Waals surface area contributed by atoms with Crippen molar-refractivity contribution >= 4 is 5.91 Å². The molecule has 2 N–H and O–H groups in total. The van der Waals surface area contributed by atoms with E-state index in [0.29, 0.717) is 5.56 Å². The average Bonchev–Trinajstić information content (AvgIpc) is 2.39. The van der Waals surface area contributed by atoms with Gasteiger partial charge in [0.05, 0.1) is 6.10 Å². The molecule has 19 heavy (non-hydrogen) atoms. The van der Waals surface area contributed by atoms with Crippen molar-refractivity contribution in [1.29, 1.82) is 0 Å². The molecule has 0 atom stereocenters. The molecule has 0 spiro atoms. The maximum absolute atomic E-state index is 11.1. The van der Waals surface area contributed by atoms with E-state index in [9.17, 15) is 4.79 Å². The van der Waals surface area contributed by atoms with Crippen LogP contribution in [0, 0.1) is 0 Å². The Balaban J connectivity index is 2.38. The summed E-state index contributed by atoms with van der Waals surface area (Å²) >= 11 is 0. The van der Waals surface area contributed by atoms with Gasteiger partial charge in [-0.3, -0.25) is 4.79 Å². The summed E-state index contributed by atoms with van der Waals surface area (Å²) in [4.78, 5) is 11.1. The van der Waals surface area contributed by atoms with E-state index in [2.05, 4.69) is 0 Å². The Labute approximate surface area is 113 Å². The first-order valence-corrected chi connectivity index (χ1v) is 6.24. The standard InChI is InChI=1S/C16H17NO2/c1-11(2)19-15-6-4-3-5-14(15)12-7-9-13(10-8-12)16(17)18/h3-11H,1-2H3,(H2,17,18). The lowest BCUT2D eigenvalue weighted by Crippen LogP contribution is -2.10. The predicted octanol–water partition coefficient (Wildman–Crippen LogP) is 3.24. The van der Waals surface area contributed by atoms with Crippen LogP contribution in [0.5, 0.6) is 5.75 Å². The Hall–Kier alpha value is -2.29. The van der Waals surface area contributed by atoms with E-state index in [1.54, 1.807) is 12.1 Å². The Kier molecular flexibility index (Phi) is 3.85. The van der Waals surface area contributed by atoms with Gasteiger partial charge in [-0.05, 0) is 37.6 Å². The molecule has 0 aliphatic rings. The summed E-state index contributed by atoms with van der Waals surface area (Å²) in [5, 5.41) is 0. The molecule has 2 aromatic rings. The number of primary amides is 1. The van der Waals surface area contributed by atoms with Gasteiger partial charge < -0.3 is 10.5 Å². The van der Waals surface area contributed by atoms with Gasteiger partial charge in [0.15, 0.2) is 0 Å². The first kappa shape index (κ1) is 13.1. The van der Waals surface area contributed by atoms with Crippen LogP contribution in [0.2, 0.25) is 0 Å². The molecule has 0 saturated carbocycles. The maximum atomic E-state index is 11.1. The molecule has 0 heterocycles. The third-order valence-corrected chi connectivity index (χ3v) is 2.73. The van der Waals surface area contributed by atoms with E-state index in [4.69, 9.17) is 10.5 Å². The van der Waals surface area contributed by atoms with Crippen molar-refractivity contribution in [1.82, 2.24) is 0 Å². The lowest BCUT2D eigenvalue weighted by atomic mass is 10.0. The van der Waals surface area contributed by atoms with Gasteiger partial charge in [0.25, 0.3) is 0 Å². The molecular formula is C16H17NO2. The molecule has 2 rings (SSSR count). The number of carbonyl (C=O) groups excluding carboxylic acids is 1. The summed E-state index contributed by atoms with van der Waals surface area (Å²) in [5.41, 5.74) is 7.75. The summed E-state index contributed by atoms with van der Waals surface area (Å²) in [7, 11) is 0. The van der Waals surface area contributed by atoms with Crippen LogP contribution >= 0.6 is 0 Å². The molecule has 0 saturated heterocycles. The first-order valence-electron chi connectivity index (χ1n) is 6.24. The highest BCUT2D eigenvalue weighted by molar-refractivity contribution is 5.93. The van der Waals surface area contributed by atoms with Crippen LogP contribution in [0.3, 0.4) is 0 Å². The summed E-state index contributed by atoms with van der Waals surface area (Å²) < 4.78 is 5.79. The van der Waals surface area contributed by atoms with Crippen molar-refractivity contribution in [2.75, 3.05) is 0 Å². The topological polar surface area (TPSA) is 52.3 Å². The minimum Gasteiger partial charge on any atom is -0.490 e. The minimum atomic E-state index is -0.418. The van der Waals surface area contributed by atoms with E-state index in [0.717, 1.165) is 16.9 Å². The second kappa shape index (κ2) is 5.57. The van der Waals surface area contributed by atoms with Crippen molar-refractivity contribution in [3.63, 3.8) is 0 Å². The number of benzene rings is 2. The van der Waals surface area contributed by atoms with Gasteiger partial charge in [0.2, 0.25) is 5.91 Å². The molecule has 0 aliphatic carbocycles. The molecule has 1 amide bonds. The van der Waals surface area contributed by atoms with Crippen LogP contribution in [-0.2, 0) is 0 Å². The average molecular weight is 255 g/mol. The maximum Gasteiger partial charge on any atom is 0.248 e. The minimum absolute atomic E-state index is 0.117. The van der Waals surface area contributed by atoms with Crippen LogP contribution in [0.4, 0.5) is 0 Å². The number of carbonyl (C=O) groups is 1. The smallest absolute Gasteiger partial charge is 0.248 e. The predicted molar refractivity (Wildman–Crippen MR) is 76.2 cm³/mol. The fourth-order valence-electron chi connectivity index (χ4n) is 1.88. The lowest BCUT2D eigenvalue weighted by Gasteiger charge is -2.14. The lowest BCUT2D eigenvalue weighted by molar-refractivity contribution is 0.100. The summed E-state index contributed by atoms with van der Waals surface area (Å²) in [6.07, 6.45) is 0.117. The molecule has 98 valence electrons. The van der Waals surface area contributed by atoms with Crippen LogP contribution in [0.1, 0.15) is 24.2 Å². The normalized spacial score (nSPS) is 10.5. The van der Waals surface area contributed by atoms with Crippen LogP contribution in [-0.4, -0.2) is 12.0 Å². The molecule has 0 aliphatic heterocycles. The third kappa shape index (κ3) is 3.13. The second-order valence-corrected chi connectivity index (χ2v) is 4.60. The zero-order valence-corrected chi connectivity index (χ0v) is 11.1. The zero-order valence-electron chi connectivity index (χ0n) is 11.1. The van der Waals surface area contributed by atoms with Crippen LogP contribution in [0.25, 0.3) is 11.1 Å². The molecule has 0 radical (unpaired) electrons. The van der Waals surface area contributed by atoms with Crippen molar-refractivity contribution in [3.05, 3.63) is 54.1 Å². The highest BCUT2D eigenvalue weighted by Gasteiger charge is 2.08. The Morgan fingerprint density at radius 2 is 1.68 bits per heavy atom. The highest BCUT2D eigenvalue weighted by atomic mass is 16.5. The number of amides is 1. The highest BCUT2D eigenvalue weighted by Crippen LogP contribution is 2.30. The van der Waals surface area contributed by atoms with E-state index >= 15 is 0 Å².